The Morgan fingerprint density at radius 1 is 1.22 bits per heavy atom. The molecule has 0 unspecified atom stereocenters. The van der Waals surface area contributed by atoms with Gasteiger partial charge in [0.25, 0.3) is 0 Å². The van der Waals surface area contributed by atoms with E-state index in [2.05, 4.69) is 61.6 Å². The zero-order valence-corrected chi connectivity index (χ0v) is 12.9. The summed E-state index contributed by atoms with van der Waals surface area (Å²) in [7, 11) is 2.15. The smallest absolute Gasteiger partial charge is 0.0364 e. The largest absolute Gasteiger partial charge is 0.374 e. The van der Waals surface area contributed by atoms with Crippen LogP contribution in [0.1, 0.15) is 19.4 Å². The van der Waals surface area contributed by atoms with Crippen molar-refractivity contribution in [1.29, 1.82) is 0 Å². The van der Waals surface area contributed by atoms with E-state index in [-0.39, 0.29) is 0 Å². The van der Waals surface area contributed by atoms with Crippen LogP contribution in [0.4, 0.5) is 5.69 Å². The molecule has 3 heteroatoms. The van der Waals surface area contributed by atoms with Gasteiger partial charge in [0.1, 0.15) is 0 Å². The zero-order valence-electron chi connectivity index (χ0n) is 12.1. The minimum atomic E-state index is 0.710. The molecule has 0 aliphatic carbocycles. The minimum absolute atomic E-state index is 0.710. The van der Waals surface area contributed by atoms with E-state index in [1.165, 1.54) is 17.0 Å². The van der Waals surface area contributed by atoms with Crippen LogP contribution in [0.15, 0.2) is 24.3 Å². The lowest BCUT2D eigenvalue weighted by molar-refractivity contribution is 0.552. The van der Waals surface area contributed by atoms with Crippen LogP contribution in [-0.4, -0.2) is 32.1 Å². The van der Waals surface area contributed by atoms with Crippen LogP contribution >= 0.6 is 11.8 Å². The Morgan fingerprint density at radius 2 is 1.89 bits per heavy atom. The molecule has 1 aromatic carbocycles. The first-order valence-corrected chi connectivity index (χ1v) is 8.02. The molecule has 0 aromatic heterocycles. The molecule has 2 nitrogen and oxygen atoms in total. The first-order chi connectivity index (χ1) is 8.63. The summed E-state index contributed by atoms with van der Waals surface area (Å²) in [4.78, 5) is 2.31. The lowest BCUT2D eigenvalue weighted by atomic mass is 10.2. The van der Waals surface area contributed by atoms with Crippen LogP contribution < -0.4 is 10.2 Å². The van der Waals surface area contributed by atoms with Gasteiger partial charge in [0, 0.05) is 31.6 Å². The zero-order chi connectivity index (χ0) is 13.4. The van der Waals surface area contributed by atoms with Gasteiger partial charge in [-0.1, -0.05) is 26.0 Å². The molecule has 1 aromatic rings. The van der Waals surface area contributed by atoms with Gasteiger partial charge in [0.05, 0.1) is 0 Å². The molecule has 0 amide bonds. The number of hydrogen-bond donors (Lipinski definition) is 1. The number of rotatable bonds is 8. The molecule has 0 aliphatic heterocycles. The van der Waals surface area contributed by atoms with Crippen LogP contribution in [0.25, 0.3) is 0 Å². The summed E-state index contributed by atoms with van der Waals surface area (Å²) in [5.41, 5.74) is 2.66. The number of benzene rings is 1. The van der Waals surface area contributed by atoms with E-state index >= 15 is 0 Å². The molecule has 1 N–H and O–H groups in total. The predicted octanol–water partition coefficient (Wildman–Crippen LogP) is 3.23. The van der Waals surface area contributed by atoms with Gasteiger partial charge in [-0.15, -0.1) is 0 Å². The minimum Gasteiger partial charge on any atom is -0.374 e. The lowest BCUT2D eigenvalue weighted by Crippen LogP contribution is -2.20. The molecular formula is C15H26N2S. The summed E-state index contributed by atoms with van der Waals surface area (Å²) in [5, 5.41) is 3.47. The van der Waals surface area contributed by atoms with Crippen molar-refractivity contribution in [2.45, 2.75) is 20.4 Å². The second-order valence-corrected chi connectivity index (χ2v) is 6.09. The fourth-order valence-electron chi connectivity index (χ4n) is 1.73. The SMILES string of the molecule is CSCCN(C)c1ccc(CNCC(C)C)cc1. The highest BCUT2D eigenvalue weighted by Crippen LogP contribution is 2.14. The highest BCUT2D eigenvalue weighted by molar-refractivity contribution is 7.98. The van der Waals surface area contributed by atoms with E-state index in [1.54, 1.807) is 0 Å². The van der Waals surface area contributed by atoms with Crippen molar-refractivity contribution in [1.82, 2.24) is 5.32 Å². The van der Waals surface area contributed by atoms with Crippen LogP contribution in [-0.2, 0) is 6.54 Å². The first kappa shape index (κ1) is 15.4. The fourth-order valence-corrected chi connectivity index (χ4v) is 2.19. The molecule has 0 spiro atoms. The number of nitrogens with one attached hydrogen (secondary N) is 1. The van der Waals surface area contributed by atoms with E-state index in [1.807, 2.05) is 11.8 Å². The van der Waals surface area contributed by atoms with Crippen molar-refractivity contribution in [3.8, 4) is 0 Å². The number of nitrogens with zero attached hydrogens (tertiary/aromatic N) is 1. The molecule has 102 valence electrons. The third-order valence-corrected chi connectivity index (χ3v) is 3.48. The second-order valence-electron chi connectivity index (χ2n) is 5.11. The Morgan fingerprint density at radius 3 is 2.44 bits per heavy atom. The van der Waals surface area contributed by atoms with Crippen molar-refractivity contribution < 1.29 is 0 Å². The number of anilines is 1. The molecule has 1 rings (SSSR count). The summed E-state index contributed by atoms with van der Waals surface area (Å²) in [6.07, 6.45) is 2.15. The summed E-state index contributed by atoms with van der Waals surface area (Å²) < 4.78 is 0. The first-order valence-electron chi connectivity index (χ1n) is 6.63. The van der Waals surface area contributed by atoms with Gasteiger partial charge >= 0.3 is 0 Å². The Hall–Kier alpha value is -0.670. The van der Waals surface area contributed by atoms with Gasteiger partial charge in [0.2, 0.25) is 0 Å². The van der Waals surface area contributed by atoms with Gasteiger partial charge in [-0.2, -0.15) is 11.8 Å². The third-order valence-electron chi connectivity index (χ3n) is 2.89. The second kappa shape index (κ2) is 8.44. The summed E-state index contributed by atoms with van der Waals surface area (Å²) >= 11 is 1.89. The Balaban J connectivity index is 2.41. The van der Waals surface area contributed by atoms with Gasteiger partial charge in [0.15, 0.2) is 0 Å². The topological polar surface area (TPSA) is 15.3 Å². The van der Waals surface area contributed by atoms with E-state index in [4.69, 9.17) is 0 Å². The molecule has 0 radical (unpaired) electrons. The van der Waals surface area contributed by atoms with E-state index in [0.29, 0.717) is 5.92 Å². The maximum absolute atomic E-state index is 3.47. The maximum Gasteiger partial charge on any atom is 0.0364 e. The number of thioether (sulfide) groups is 1. The van der Waals surface area contributed by atoms with Crippen LogP contribution in [0, 0.1) is 5.92 Å². The van der Waals surface area contributed by atoms with E-state index in [9.17, 15) is 0 Å². The highest BCUT2D eigenvalue weighted by atomic mass is 32.2. The van der Waals surface area contributed by atoms with Crippen LogP contribution in [0.2, 0.25) is 0 Å². The predicted molar refractivity (Wildman–Crippen MR) is 84.6 cm³/mol. The molecular weight excluding hydrogens is 240 g/mol. The Bertz CT molecular complexity index is 322. The van der Waals surface area contributed by atoms with Gasteiger partial charge in [-0.3, -0.25) is 0 Å². The normalized spacial score (nSPS) is 10.9. The maximum atomic E-state index is 3.47. The van der Waals surface area contributed by atoms with Crippen molar-refractivity contribution >= 4 is 17.4 Å². The van der Waals surface area contributed by atoms with Crippen LogP contribution in [0.5, 0.6) is 0 Å². The monoisotopic (exact) mass is 266 g/mol. The van der Waals surface area contributed by atoms with Gasteiger partial charge in [-0.25, -0.2) is 0 Å². The van der Waals surface area contributed by atoms with E-state index < -0.39 is 0 Å². The molecule has 18 heavy (non-hydrogen) atoms. The summed E-state index contributed by atoms with van der Waals surface area (Å²) in [5.74, 6) is 1.88. The standard InChI is InChI=1S/C15H26N2S/c1-13(2)11-16-12-14-5-7-15(8-6-14)17(3)9-10-18-4/h5-8,13,16H,9-12H2,1-4H3. The third kappa shape index (κ3) is 5.78. The molecule has 0 saturated carbocycles. The molecule has 0 aliphatic rings. The van der Waals surface area contributed by atoms with Gasteiger partial charge < -0.3 is 10.2 Å². The van der Waals surface area contributed by atoms with Crippen molar-refractivity contribution in [3.05, 3.63) is 29.8 Å². The molecule has 0 atom stereocenters. The summed E-state index contributed by atoms with van der Waals surface area (Å²) in [6.45, 7) is 7.61. The number of hydrogen-bond acceptors (Lipinski definition) is 3. The molecule has 0 heterocycles. The molecule has 0 bridgehead atoms. The highest BCUT2D eigenvalue weighted by Gasteiger charge is 2.00. The fraction of sp³-hybridized carbons (Fsp3) is 0.600. The quantitative estimate of drug-likeness (QED) is 0.777. The van der Waals surface area contributed by atoms with Crippen molar-refractivity contribution in [2.24, 2.45) is 5.92 Å². The average Bonchev–Trinajstić information content (AvgIpc) is 2.36. The summed E-state index contributed by atoms with van der Waals surface area (Å²) in [6, 6.07) is 8.87. The van der Waals surface area contributed by atoms with E-state index in [0.717, 1.165) is 19.6 Å². The van der Waals surface area contributed by atoms with Crippen molar-refractivity contribution in [2.75, 3.05) is 37.0 Å². The lowest BCUT2D eigenvalue weighted by Gasteiger charge is -2.19. The Labute approximate surface area is 116 Å². The van der Waals surface area contributed by atoms with Crippen LogP contribution in [0.3, 0.4) is 0 Å². The molecule has 0 saturated heterocycles. The van der Waals surface area contributed by atoms with Crippen molar-refractivity contribution in [3.63, 3.8) is 0 Å². The molecule has 0 fully saturated rings. The average molecular weight is 266 g/mol. The Kier molecular flexibility index (Phi) is 7.21. The van der Waals surface area contributed by atoms with Gasteiger partial charge in [-0.05, 0) is 36.4 Å².